The van der Waals surface area contributed by atoms with Gasteiger partial charge in [-0.15, -0.1) is 0 Å². The van der Waals surface area contributed by atoms with Crippen LogP contribution in [0.25, 0.3) is 0 Å². The van der Waals surface area contributed by atoms with Crippen LogP contribution in [0.4, 0.5) is 5.69 Å². The van der Waals surface area contributed by atoms with Gasteiger partial charge in [-0.3, -0.25) is 4.79 Å². The van der Waals surface area contributed by atoms with Crippen LogP contribution in [0.1, 0.15) is 10.4 Å². The monoisotopic (exact) mass is 344 g/mol. The van der Waals surface area contributed by atoms with E-state index < -0.39 is 0 Å². The van der Waals surface area contributed by atoms with Crippen molar-refractivity contribution < 1.29 is 4.79 Å². The van der Waals surface area contributed by atoms with E-state index in [1.165, 1.54) is 6.20 Å². The summed E-state index contributed by atoms with van der Waals surface area (Å²) in [4.78, 5) is 15.9. The van der Waals surface area contributed by atoms with Crippen LogP contribution in [-0.2, 0) is 0 Å². The molecule has 1 aromatic carbocycles. The largest absolute Gasteiger partial charge is 0.321 e. The number of carbonyl (C=O) groups is 1. The molecule has 0 aliphatic heterocycles. The van der Waals surface area contributed by atoms with Gasteiger partial charge in [-0.25, -0.2) is 4.98 Å². The summed E-state index contributed by atoms with van der Waals surface area (Å²) >= 11 is 14.9. The summed E-state index contributed by atoms with van der Waals surface area (Å²) in [5, 5.41) is 3.60. The predicted octanol–water partition coefficient (Wildman–Crippen LogP) is 4.40. The topological polar surface area (TPSA) is 42.0 Å². The molecule has 0 aliphatic rings. The molecule has 92 valence electrons. The maximum atomic E-state index is 11.9. The van der Waals surface area contributed by atoms with Crippen molar-refractivity contribution in [2.75, 3.05) is 5.32 Å². The maximum absolute atomic E-state index is 11.9. The van der Waals surface area contributed by atoms with E-state index in [1.807, 2.05) is 0 Å². The first kappa shape index (κ1) is 13.3. The van der Waals surface area contributed by atoms with Crippen molar-refractivity contribution in [1.29, 1.82) is 0 Å². The molecule has 0 atom stereocenters. The van der Waals surface area contributed by atoms with E-state index in [1.54, 1.807) is 30.3 Å². The molecule has 1 amide bonds. The minimum Gasteiger partial charge on any atom is -0.321 e. The number of benzene rings is 1. The molecule has 0 radical (unpaired) electrons. The third-order valence-electron chi connectivity index (χ3n) is 2.17. The zero-order chi connectivity index (χ0) is 13.1. The number of aromatic nitrogens is 1. The number of carbonyl (C=O) groups excluding carboxylic acids is 1. The SMILES string of the molecule is O=C(Nc1ccc(Cl)cc1Cl)c1ccc(Br)nc1. The van der Waals surface area contributed by atoms with E-state index in [-0.39, 0.29) is 5.91 Å². The van der Waals surface area contributed by atoms with E-state index in [0.29, 0.717) is 25.9 Å². The number of nitrogens with zero attached hydrogens (tertiary/aromatic N) is 1. The molecule has 0 aliphatic carbocycles. The standard InChI is InChI=1S/C12H7BrCl2N2O/c13-11-4-1-7(6-16-11)12(18)17-10-3-2-8(14)5-9(10)15/h1-6H,(H,17,18). The lowest BCUT2D eigenvalue weighted by Crippen LogP contribution is -2.12. The lowest BCUT2D eigenvalue weighted by atomic mass is 10.2. The van der Waals surface area contributed by atoms with Gasteiger partial charge in [0.1, 0.15) is 4.60 Å². The highest BCUT2D eigenvalue weighted by Gasteiger charge is 2.09. The van der Waals surface area contributed by atoms with Crippen molar-refractivity contribution in [3.8, 4) is 0 Å². The first-order valence-corrected chi connectivity index (χ1v) is 6.49. The summed E-state index contributed by atoms with van der Waals surface area (Å²) in [6.07, 6.45) is 1.48. The van der Waals surface area contributed by atoms with Gasteiger partial charge < -0.3 is 5.32 Å². The Labute approximate surface area is 122 Å². The van der Waals surface area contributed by atoms with Crippen molar-refractivity contribution in [2.24, 2.45) is 0 Å². The summed E-state index contributed by atoms with van der Waals surface area (Å²) in [6.45, 7) is 0. The van der Waals surface area contributed by atoms with E-state index in [4.69, 9.17) is 23.2 Å². The predicted molar refractivity (Wildman–Crippen MR) is 76.4 cm³/mol. The highest BCUT2D eigenvalue weighted by atomic mass is 79.9. The van der Waals surface area contributed by atoms with Crippen molar-refractivity contribution in [1.82, 2.24) is 4.98 Å². The second-order valence-electron chi connectivity index (χ2n) is 3.45. The number of nitrogens with one attached hydrogen (secondary N) is 1. The van der Waals surface area contributed by atoms with Crippen molar-refractivity contribution in [3.05, 3.63) is 56.7 Å². The zero-order valence-electron chi connectivity index (χ0n) is 8.95. The molecule has 1 heterocycles. The van der Waals surface area contributed by atoms with Gasteiger partial charge in [-0.2, -0.15) is 0 Å². The van der Waals surface area contributed by atoms with Gasteiger partial charge in [0, 0.05) is 11.2 Å². The van der Waals surface area contributed by atoms with Gasteiger partial charge in [0.15, 0.2) is 0 Å². The number of amides is 1. The van der Waals surface area contributed by atoms with Crippen molar-refractivity contribution in [3.63, 3.8) is 0 Å². The molecule has 2 aromatic rings. The molecule has 1 aromatic heterocycles. The molecule has 2 rings (SSSR count). The number of anilines is 1. The number of hydrogen-bond donors (Lipinski definition) is 1. The molecule has 0 saturated carbocycles. The summed E-state index contributed by atoms with van der Waals surface area (Å²) in [6, 6.07) is 8.23. The normalized spacial score (nSPS) is 10.2. The van der Waals surface area contributed by atoms with Crippen LogP contribution in [0.5, 0.6) is 0 Å². The van der Waals surface area contributed by atoms with Crippen molar-refractivity contribution in [2.45, 2.75) is 0 Å². The minimum absolute atomic E-state index is 0.278. The lowest BCUT2D eigenvalue weighted by Gasteiger charge is -2.07. The van der Waals surface area contributed by atoms with E-state index in [0.717, 1.165) is 0 Å². The Morgan fingerprint density at radius 2 is 2.00 bits per heavy atom. The fourth-order valence-electron chi connectivity index (χ4n) is 1.30. The van der Waals surface area contributed by atoms with E-state index in [9.17, 15) is 4.79 Å². The second-order valence-corrected chi connectivity index (χ2v) is 5.10. The zero-order valence-corrected chi connectivity index (χ0v) is 12.1. The summed E-state index contributed by atoms with van der Waals surface area (Å²) in [7, 11) is 0. The number of rotatable bonds is 2. The van der Waals surface area contributed by atoms with Crippen LogP contribution in [0.15, 0.2) is 41.1 Å². The lowest BCUT2D eigenvalue weighted by molar-refractivity contribution is 0.102. The third-order valence-corrected chi connectivity index (χ3v) is 3.19. The highest BCUT2D eigenvalue weighted by Crippen LogP contribution is 2.25. The maximum Gasteiger partial charge on any atom is 0.257 e. The van der Waals surface area contributed by atoms with Crippen LogP contribution in [0, 0.1) is 0 Å². The third kappa shape index (κ3) is 3.22. The average molecular weight is 346 g/mol. The van der Waals surface area contributed by atoms with E-state index >= 15 is 0 Å². The van der Waals surface area contributed by atoms with Gasteiger partial charge in [-0.1, -0.05) is 23.2 Å². The molecular formula is C12H7BrCl2N2O. The number of pyridine rings is 1. The van der Waals surface area contributed by atoms with Crippen LogP contribution in [0.3, 0.4) is 0 Å². The second kappa shape index (κ2) is 5.69. The molecular weight excluding hydrogens is 339 g/mol. The fraction of sp³-hybridized carbons (Fsp3) is 0. The fourth-order valence-corrected chi connectivity index (χ4v) is 1.99. The molecule has 0 unspecified atom stereocenters. The number of halogens is 3. The number of hydrogen-bond acceptors (Lipinski definition) is 2. The molecule has 3 nitrogen and oxygen atoms in total. The van der Waals surface area contributed by atoms with Crippen LogP contribution in [0.2, 0.25) is 10.0 Å². The Bertz CT molecular complexity index is 587. The Balaban J connectivity index is 2.18. The Hall–Kier alpha value is -1.10. The Kier molecular flexibility index (Phi) is 4.22. The van der Waals surface area contributed by atoms with Gasteiger partial charge >= 0.3 is 0 Å². The van der Waals surface area contributed by atoms with Crippen LogP contribution >= 0.6 is 39.1 Å². The van der Waals surface area contributed by atoms with Crippen LogP contribution in [-0.4, -0.2) is 10.9 Å². The molecule has 0 saturated heterocycles. The first-order valence-electron chi connectivity index (χ1n) is 4.94. The summed E-state index contributed by atoms with van der Waals surface area (Å²) in [5.74, 6) is -0.278. The quantitative estimate of drug-likeness (QED) is 0.819. The average Bonchev–Trinajstić information content (AvgIpc) is 2.33. The Morgan fingerprint density at radius 1 is 1.22 bits per heavy atom. The summed E-state index contributed by atoms with van der Waals surface area (Å²) in [5.41, 5.74) is 0.957. The molecule has 0 spiro atoms. The Morgan fingerprint density at radius 3 is 2.61 bits per heavy atom. The molecule has 1 N–H and O–H groups in total. The minimum atomic E-state index is -0.278. The molecule has 0 fully saturated rings. The van der Waals surface area contributed by atoms with Gasteiger partial charge in [-0.05, 0) is 46.3 Å². The smallest absolute Gasteiger partial charge is 0.257 e. The van der Waals surface area contributed by atoms with Crippen molar-refractivity contribution >= 4 is 50.7 Å². The molecule has 18 heavy (non-hydrogen) atoms. The van der Waals surface area contributed by atoms with Gasteiger partial charge in [0.25, 0.3) is 5.91 Å². The van der Waals surface area contributed by atoms with E-state index in [2.05, 4.69) is 26.2 Å². The van der Waals surface area contributed by atoms with Gasteiger partial charge in [0.05, 0.1) is 16.3 Å². The van der Waals surface area contributed by atoms with Crippen LogP contribution < -0.4 is 5.32 Å². The molecule has 6 heteroatoms. The molecule has 0 bridgehead atoms. The summed E-state index contributed by atoms with van der Waals surface area (Å²) < 4.78 is 0.670. The first-order chi connectivity index (χ1) is 8.56. The highest BCUT2D eigenvalue weighted by molar-refractivity contribution is 9.10. The van der Waals surface area contributed by atoms with Gasteiger partial charge in [0.2, 0.25) is 0 Å².